The van der Waals surface area contributed by atoms with Crippen molar-refractivity contribution in [2.45, 2.75) is 56.3 Å². The van der Waals surface area contributed by atoms with Gasteiger partial charge in [0, 0.05) is 31.5 Å². The highest BCUT2D eigenvalue weighted by atomic mass is 16.2. The second-order valence-electron chi connectivity index (χ2n) is 10.9. The summed E-state index contributed by atoms with van der Waals surface area (Å²) in [6.45, 7) is 0.377. The molecule has 43 heavy (non-hydrogen) atoms. The number of carbonyl (C=O) groups excluding carboxylic acids is 5. The highest BCUT2D eigenvalue weighted by molar-refractivity contribution is 5.98. The standard InChI is InChI=1S/C33H35N5O5/c39-21-34-25-15-8-7-14-24(25)20-27-31(41)37-28(19-23-12-5-2-6-13-23)33(43)38-17-9-16-29(38)32(42)36-26(30(40)35-27)18-22-10-3-1-4-11-22/h1-8,10-15,21,26-29H,9,16-20H2,(H,34,39)(H,35,40)(H,36,42)(H,37,41)/t26-,27+,28-,29+/m0/s1. The molecule has 2 fully saturated rings. The molecule has 2 aliphatic heterocycles. The lowest BCUT2D eigenvalue weighted by Crippen LogP contribution is -2.62. The van der Waals surface area contributed by atoms with E-state index in [1.165, 1.54) is 4.90 Å². The number of amides is 5. The van der Waals surface area contributed by atoms with Crippen molar-refractivity contribution < 1.29 is 24.0 Å². The molecule has 2 heterocycles. The second-order valence-corrected chi connectivity index (χ2v) is 10.9. The Kier molecular flexibility index (Phi) is 9.46. The highest BCUT2D eigenvalue weighted by Crippen LogP contribution is 2.22. The maximum absolute atomic E-state index is 14.0. The second kappa shape index (κ2) is 13.8. The van der Waals surface area contributed by atoms with Crippen molar-refractivity contribution in [3.63, 3.8) is 0 Å². The number of carbonyl (C=O) groups is 5. The Morgan fingerprint density at radius 3 is 1.86 bits per heavy atom. The van der Waals surface area contributed by atoms with Gasteiger partial charge < -0.3 is 26.2 Å². The normalized spacial score (nSPS) is 22.7. The van der Waals surface area contributed by atoms with Crippen LogP contribution in [0.5, 0.6) is 0 Å². The van der Waals surface area contributed by atoms with Gasteiger partial charge in [0.25, 0.3) is 0 Å². The van der Waals surface area contributed by atoms with Crippen LogP contribution in [0.25, 0.3) is 0 Å². The molecule has 0 aliphatic carbocycles. The van der Waals surface area contributed by atoms with Gasteiger partial charge in [0.05, 0.1) is 0 Å². The Balaban J connectivity index is 1.51. The van der Waals surface area contributed by atoms with Gasteiger partial charge in [-0.05, 0) is 35.6 Å². The number of hydrogen-bond donors (Lipinski definition) is 4. The fraction of sp³-hybridized carbons (Fsp3) is 0.303. The number of anilines is 1. The molecule has 3 aromatic rings. The lowest BCUT2D eigenvalue weighted by molar-refractivity contribution is -0.143. The van der Waals surface area contributed by atoms with Gasteiger partial charge in [-0.1, -0.05) is 78.9 Å². The molecule has 10 nitrogen and oxygen atoms in total. The van der Waals surface area contributed by atoms with Crippen molar-refractivity contribution in [2.75, 3.05) is 11.9 Å². The molecule has 0 aromatic heterocycles. The summed E-state index contributed by atoms with van der Waals surface area (Å²) in [6.07, 6.45) is 2.11. The molecule has 0 unspecified atom stereocenters. The van der Waals surface area contributed by atoms with Gasteiger partial charge in [0.2, 0.25) is 30.0 Å². The monoisotopic (exact) mass is 581 g/mol. The average molecular weight is 582 g/mol. The summed E-state index contributed by atoms with van der Waals surface area (Å²) in [5, 5.41) is 11.3. The van der Waals surface area contributed by atoms with Crippen LogP contribution in [0.3, 0.4) is 0 Å². The molecular formula is C33H35N5O5. The molecule has 5 amide bonds. The summed E-state index contributed by atoms with van der Waals surface area (Å²) in [4.78, 5) is 68.1. The summed E-state index contributed by atoms with van der Waals surface area (Å²) >= 11 is 0. The van der Waals surface area contributed by atoms with Crippen molar-refractivity contribution in [1.29, 1.82) is 0 Å². The molecule has 0 spiro atoms. The number of nitrogens with zero attached hydrogens (tertiary/aromatic N) is 1. The molecule has 2 aliphatic rings. The van der Waals surface area contributed by atoms with Crippen LogP contribution in [0, 0.1) is 0 Å². The zero-order chi connectivity index (χ0) is 30.2. The largest absolute Gasteiger partial charge is 0.342 e. The van der Waals surface area contributed by atoms with E-state index in [0.29, 0.717) is 37.0 Å². The number of fused-ring (bicyclic) bond motifs is 1. The van der Waals surface area contributed by atoms with Gasteiger partial charge in [-0.2, -0.15) is 0 Å². The minimum Gasteiger partial charge on any atom is -0.342 e. The van der Waals surface area contributed by atoms with Crippen LogP contribution in [0.1, 0.15) is 29.5 Å². The van der Waals surface area contributed by atoms with E-state index < -0.39 is 41.9 Å². The summed E-state index contributed by atoms with van der Waals surface area (Å²) in [5.41, 5.74) is 2.80. The minimum atomic E-state index is -1.10. The summed E-state index contributed by atoms with van der Waals surface area (Å²) in [6, 6.07) is 21.8. The summed E-state index contributed by atoms with van der Waals surface area (Å²) in [5.74, 6) is -1.80. The van der Waals surface area contributed by atoms with E-state index in [-0.39, 0.29) is 25.2 Å². The maximum Gasteiger partial charge on any atom is 0.246 e. The zero-order valence-electron chi connectivity index (χ0n) is 23.7. The smallest absolute Gasteiger partial charge is 0.246 e. The van der Waals surface area contributed by atoms with Crippen molar-refractivity contribution >= 4 is 35.7 Å². The molecule has 5 rings (SSSR count). The molecule has 0 bridgehead atoms. The van der Waals surface area contributed by atoms with Gasteiger partial charge in [-0.15, -0.1) is 0 Å². The van der Waals surface area contributed by atoms with Crippen LogP contribution in [0.2, 0.25) is 0 Å². The van der Waals surface area contributed by atoms with Crippen LogP contribution in [-0.4, -0.2) is 65.7 Å². The molecule has 3 aromatic carbocycles. The number of benzene rings is 3. The first-order valence-corrected chi connectivity index (χ1v) is 14.5. The summed E-state index contributed by atoms with van der Waals surface area (Å²) in [7, 11) is 0. The van der Waals surface area contributed by atoms with Crippen LogP contribution < -0.4 is 21.3 Å². The molecule has 0 radical (unpaired) electrons. The zero-order valence-corrected chi connectivity index (χ0v) is 23.7. The number of rotatable bonds is 8. The molecule has 0 saturated carbocycles. The van der Waals surface area contributed by atoms with Gasteiger partial charge >= 0.3 is 0 Å². The van der Waals surface area contributed by atoms with Crippen molar-refractivity contribution in [3.05, 3.63) is 102 Å². The first-order valence-electron chi connectivity index (χ1n) is 14.5. The van der Waals surface area contributed by atoms with Gasteiger partial charge in [-0.3, -0.25) is 24.0 Å². The fourth-order valence-electron chi connectivity index (χ4n) is 5.76. The van der Waals surface area contributed by atoms with Gasteiger partial charge in [0.1, 0.15) is 24.2 Å². The van der Waals surface area contributed by atoms with E-state index in [0.717, 1.165) is 11.1 Å². The number of para-hydroxylation sites is 1. The predicted molar refractivity (Wildman–Crippen MR) is 161 cm³/mol. The van der Waals surface area contributed by atoms with Crippen LogP contribution >= 0.6 is 0 Å². The molecule has 222 valence electrons. The third-order valence-corrected chi connectivity index (χ3v) is 7.94. The van der Waals surface area contributed by atoms with Crippen molar-refractivity contribution in [2.24, 2.45) is 0 Å². The maximum atomic E-state index is 14.0. The highest BCUT2D eigenvalue weighted by Gasteiger charge is 2.40. The summed E-state index contributed by atoms with van der Waals surface area (Å²) < 4.78 is 0. The van der Waals surface area contributed by atoms with E-state index in [1.54, 1.807) is 24.3 Å². The predicted octanol–water partition coefficient (Wildman–Crippen LogP) is 1.74. The Morgan fingerprint density at radius 1 is 0.674 bits per heavy atom. The fourth-order valence-corrected chi connectivity index (χ4v) is 5.76. The molecule has 4 N–H and O–H groups in total. The Hall–Kier alpha value is -4.99. The Labute approximate surface area is 250 Å². The van der Waals surface area contributed by atoms with Gasteiger partial charge in [0.15, 0.2) is 0 Å². The van der Waals surface area contributed by atoms with Crippen LogP contribution in [-0.2, 0) is 43.2 Å². The van der Waals surface area contributed by atoms with E-state index in [1.807, 2.05) is 60.7 Å². The van der Waals surface area contributed by atoms with Gasteiger partial charge in [-0.25, -0.2) is 0 Å². The van der Waals surface area contributed by atoms with E-state index in [9.17, 15) is 24.0 Å². The number of hydrogen-bond acceptors (Lipinski definition) is 5. The van der Waals surface area contributed by atoms with Crippen LogP contribution in [0.4, 0.5) is 5.69 Å². The minimum absolute atomic E-state index is 0.0409. The number of nitrogens with one attached hydrogen (secondary N) is 4. The quantitative estimate of drug-likeness (QED) is 0.301. The molecule has 2 saturated heterocycles. The molecule has 10 heteroatoms. The van der Waals surface area contributed by atoms with E-state index in [2.05, 4.69) is 21.3 Å². The lowest BCUT2D eigenvalue weighted by atomic mass is 9.99. The molecular weight excluding hydrogens is 546 g/mol. The molecule has 4 atom stereocenters. The van der Waals surface area contributed by atoms with Crippen molar-refractivity contribution in [3.8, 4) is 0 Å². The average Bonchev–Trinajstić information content (AvgIpc) is 3.51. The van der Waals surface area contributed by atoms with E-state index in [4.69, 9.17) is 0 Å². The van der Waals surface area contributed by atoms with Crippen LogP contribution in [0.15, 0.2) is 84.9 Å². The topological polar surface area (TPSA) is 137 Å². The first-order chi connectivity index (χ1) is 20.9. The first kappa shape index (κ1) is 29.5. The van der Waals surface area contributed by atoms with Crippen molar-refractivity contribution in [1.82, 2.24) is 20.9 Å². The third-order valence-electron chi connectivity index (χ3n) is 7.94. The Morgan fingerprint density at radius 2 is 1.21 bits per heavy atom. The lowest BCUT2D eigenvalue weighted by Gasteiger charge is -2.32. The third kappa shape index (κ3) is 7.27. The Bertz CT molecular complexity index is 1460. The van der Waals surface area contributed by atoms with E-state index >= 15 is 0 Å². The SMILES string of the molecule is O=CNc1ccccc1C[C@H]1NC(=O)[C@H](Cc2ccccc2)NC(=O)[C@H]2CCCN2C(=O)[C@H](Cc2ccccc2)NC1=O.